The molecule has 2 aliphatic carbocycles. The van der Waals surface area contributed by atoms with Crippen LogP contribution < -0.4 is 30.3 Å². The molecule has 8 aromatic rings. The van der Waals surface area contributed by atoms with Crippen molar-refractivity contribution in [1.82, 2.24) is 60.4 Å². The Morgan fingerprint density at radius 1 is 0.694 bits per heavy atom. The van der Waals surface area contributed by atoms with Gasteiger partial charge in [0, 0.05) is 160 Å². The van der Waals surface area contributed by atoms with Crippen molar-refractivity contribution in [2.45, 2.75) is 222 Å². The zero-order valence-electron chi connectivity index (χ0n) is 83.2. The maximum absolute atomic E-state index is 15.6. The number of imide groups is 1. The lowest BCUT2D eigenvalue weighted by molar-refractivity contribution is -0.162. The molecular weight excluding hydrogens is 1890 g/mol. The molecule has 6 aliphatic rings. The zero-order chi connectivity index (χ0) is 102. The number of aliphatic hydroxyl groups is 1. The van der Waals surface area contributed by atoms with Crippen LogP contribution in [0.15, 0.2) is 212 Å². The zero-order valence-corrected chi connectivity index (χ0v) is 85.5. The fourth-order valence-electron chi connectivity index (χ4n) is 19.6. The fraction of sp³-hybridized carbons (Fsp3) is 0.464. The minimum absolute atomic E-state index is 0.00331. The van der Waals surface area contributed by atoms with Crippen LogP contribution in [0.5, 0.6) is 11.5 Å². The second kappa shape index (κ2) is 51.8. The summed E-state index contributed by atoms with van der Waals surface area (Å²) in [4.78, 5) is 155. The van der Waals surface area contributed by atoms with Crippen LogP contribution in [0.25, 0.3) is 0 Å². The number of unbranched alkanes of at least 4 members (excludes halogenated alkanes) is 1. The van der Waals surface area contributed by atoms with Gasteiger partial charge in [-0.15, -0.1) is 11.8 Å². The third-order valence-electron chi connectivity index (χ3n) is 27.8. The normalized spacial score (nSPS) is 22.0. The van der Waals surface area contributed by atoms with Gasteiger partial charge in [0.15, 0.2) is 5.72 Å². The lowest BCUT2D eigenvalue weighted by Gasteiger charge is -2.41. The van der Waals surface area contributed by atoms with E-state index in [9.17, 15) is 43.5 Å². The molecule has 31 nitrogen and oxygen atoms in total. The standard InChI is InChI=1S/C110H133Cl2N13O18S/c1-74-23-22-28-95(137-8)110(135)65-93(141-107(134)119-110)75(2)101-108(4,143-101)96(64-98(127)121(6)91-61-79(57-74)62-92(136-7)100(91)112)142-105(132)76(3)120(5)97(126)41-56-144-94-63-99(128)125(104(94)131)69-78-31-35-83(36-32-78)103(130)118-49-53-139-55-54-138-52-48-117-102(129)82-33-29-77(30-34-82)68-124(106(133)109(42-14-9-15-43-109)84-37-39-85(111)40-38-84)50-20-21-51-140-90-59-80(66-122(70-86-24-10-16-44-113-86)71-87-25-11-17-45-114-87)58-81(60-90)67-123(72-88-26-12-18-46-115-88)73-89-27-13-19-47-116-89/h10-13,16-19,22-30,33-34,37-40,44-47,58-62,76,78,83,93-96,101,135H,2,9,14-15,20-21,31-32,35-36,41-43,48-57,63-73H2,1,3-8H3,(H,117,129)(H,118,130)(H,119,134)/b28-22+,74-23+/t76-,78?,83?,93+,94?,95?,96+,101-,108+,110+/m1/s1. The van der Waals surface area contributed by atoms with Crippen LogP contribution in [-0.2, 0) is 120 Å². The van der Waals surface area contributed by atoms with Gasteiger partial charge < -0.3 is 68.3 Å². The number of hydrogen-bond acceptors (Lipinski definition) is 25. The van der Waals surface area contributed by atoms with E-state index in [2.05, 4.69) is 50.5 Å². The van der Waals surface area contributed by atoms with E-state index >= 15 is 4.79 Å². The Bertz CT molecular complexity index is 5580. The Morgan fingerprint density at radius 2 is 1.30 bits per heavy atom. The summed E-state index contributed by atoms with van der Waals surface area (Å²) in [5.74, 6) is -1.78. The number of epoxide rings is 1. The van der Waals surface area contributed by atoms with Gasteiger partial charge in [-0.1, -0.05) is 127 Å². The van der Waals surface area contributed by atoms with Gasteiger partial charge in [0.05, 0.1) is 85.7 Å². The van der Waals surface area contributed by atoms with Crippen LogP contribution in [0.3, 0.4) is 0 Å². The maximum Gasteiger partial charge on any atom is 0.410 e. The van der Waals surface area contributed by atoms with Crippen molar-refractivity contribution in [3.63, 3.8) is 0 Å². The smallest absolute Gasteiger partial charge is 0.410 e. The highest BCUT2D eigenvalue weighted by Gasteiger charge is 2.64. The Morgan fingerprint density at radius 3 is 1.88 bits per heavy atom. The molecule has 4 bridgehead atoms. The van der Waals surface area contributed by atoms with Gasteiger partial charge in [0.2, 0.25) is 35.4 Å². The van der Waals surface area contributed by atoms with E-state index in [0.717, 1.165) is 94.0 Å². The van der Waals surface area contributed by atoms with E-state index < -0.39 is 82.7 Å². The quantitative estimate of drug-likeness (QED) is 0.00906. The van der Waals surface area contributed by atoms with Crippen LogP contribution in [0.2, 0.25) is 10.0 Å². The molecule has 8 heterocycles. The number of likely N-dealkylation sites (N-methyl/N-ethyl adjacent to an activating group) is 1. The number of hydrogen-bond donors (Lipinski definition) is 4. The predicted molar refractivity (Wildman–Crippen MR) is 548 cm³/mol. The third-order valence-corrected chi connectivity index (χ3v) is 29.7. The highest BCUT2D eigenvalue weighted by atomic mass is 35.5. The molecule has 144 heavy (non-hydrogen) atoms. The van der Waals surface area contributed by atoms with Crippen molar-refractivity contribution in [3.05, 3.63) is 279 Å². The summed E-state index contributed by atoms with van der Waals surface area (Å²) in [6, 6.07) is 48.0. The first-order valence-electron chi connectivity index (χ1n) is 49.7. The Labute approximate surface area is 857 Å². The number of thioether (sulfide) groups is 1. The van der Waals surface area contributed by atoms with Crippen molar-refractivity contribution >= 4 is 94.1 Å². The summed E-state index contributed by atoms with van der Waals surface area (Å²) in [5, 5.41) is 20.4. The summed E-state index contributed by atoms with van der Waals surface area (Å²) in [6.45, 7) is 15.9. The van der Waals surface area contributed by atoms with E-state index in [1.807, 2.05) is 152 Å². The number of rotatable bonds is 44. The number of carbonyl (C=O) groups excluding carboxylic acids is 9. The number of pyridine rings is 4. The number of esters is 1. The third kappa shape index (κ3) is 29.3. The molecule has 0 spiro atoms. The molecule has 8 atom stereocenters. The lowest BCUT2D eigenvalue weighted by atomic mass is 9.68. The molecule has 4 aromatic heterocycles. The minimum atomic E-state index is -1.97. The number of aromatic nitrogens is 4. The van der Waals surface area contributed by atoms with Crippen molar-refractivity contribution in [3.8, 4) is 11.5 Å². The Balaban J connectivity index is 0.499. The molecule has 0 radical (unpaired) electrons. The van der Waals surface area contributed by atoms with Gasteiger partial charge in [-0.2, -0.15) is 0 Å². The van der Waals surface area contributed by atoms with Gasteiger partial charge >= 0.3 is 12.1 Å². The topological polar surface area (TPSA) is 358 Å². The molecule has 3 saturated heterocycles. The number of nitrogens with one attached hydrogen (secondary N) is 3. The number of halogens is 2. The molecule has 5 fully saturated rings. The minimum Gasteiger partial charge on any atom is -0.495 e. The van der Waals surface area contributed by atoms with Crippen LogP contribution >= 0.6 is 35.0 Å². The molecule has 4 aromatic carbocycles. The summed E-state index contributed by atoms with van der Waals surface area (Å²) in [5.41, 5.74) is 6.32. The number of fused-ring (bicyclic) bond motifs is 5. The van der Waals surface area contributed by atoms with Crippen molar-refractivity contribution in [2.24, 2.45) is 11.8 Å². The number of alkyl carbamates (subject to hydrolysis) is 1. The molecule has 34 heteroatoms. The second-order valence-electron chi connectivity index (χ2n) is 38.4. The monoisotopic (exact) mass is 2030 g/mol. The number of ether oxygens (including phenoxy) is 8. The van der Waals surface area contributed by atoms with E-state index in [4.69, 9.17) is 81.0 Å². The number of allylic oxidation sites excluding steroid dienone is 3. The van der Waals surface area contributed by atoms with Crippen molar-refractivity contribution in [1.29, 1.82) is 0 Å². The second-order valence-corrected chi connectivity index (χ2v) is 40.5. The average molecular weight is 2030 g/mol. The van der Waals surface area contributed by atoms with Crippen molar-refractivity contribution in [2.75, 3.05) is 98.2 Å². The van der Waals surface area contributed by atoms with E-state index in [1.54, 1.807) is 43.3 Å². The number of amides is 8. The fourth-order valence-corrected chi connectivity index (χ4v) is 21.2. The summed E-state index contributed by atoms with van der Waals surface area (Å²) in [7, 11) is 5.82. The number of likely N-dealkylation sites (tertiary alicyclic amines) is 1. The van der Waals surface area contributed by atoms with Gasteiger partial charge in [-0.25, -0.2) is 9.59 Å². The number of anilines is 1. The van der Waals surface area contributed by atoms with Crippen LogP contribution in [0.4, 0.5) is 10.5 Å². The number of carbonyl (C=O) groups is 9. The first-order valence-corrected chi connectivity index (χ1v) is 51.5. The van der Waals surface area contributed by atoms with E-state index in [0.29, 0.717) is 132 Å². The molecular formula is C110H133Cl2N13O18S. The summed E-state index contributed by atoms with van der Waals surface area (Å²) >= 11 is 14.5. The highest BCUT2D eigenvalue weighted by molar-refractivity contribution is 8.00. The van der Waals surface area contributed by atoms with Crippen molar-refractivity contribution < 1.29 is 86.2 Å². The van der Waals surface area contributed by atoms with Gasteiger partial charge in [-0.3, -0.25) is 73.5 Å². The summed E-state index contributed by atoms with van der Waals surface area (Å²) < 4.78 is 47.8. The van der Waals surface area contributed by atoms with Crippen LogP contribution in [0, 0.1) is 11.8 Å². The van der Waals surface area contributed by atoms with E-state index in [1.165, 1.54) is 61.7 Å². The predicted octanol–water partition coefficient (Wildman–Crippen LogP) is 14.8. The molecule has 2 saturated carbocycles. The first kappa shape index (κ1) is 108. The number of nitrogens with zero attached hydrogens (tertiary/aromatic N) is 10. The summed E-state index contributed by atoms with van der Waals surface area (Å²) in [6.07, 6.45) is 14.8. The molecule has 2 unspecified atom stereocenters. The molecule has 4 aliphatic heterocycles. The van der Waals surface area contributed by atoms with Gasteiger partial charge in [-0.05, 0) is 215 Å². The lowest BCUT2D eigenvalue weighted by Crippen LogP contribution is -2.62. The SMILES string of the molecule is C=C1[C@@H]2C[C@@](O)(NC(=O)O2)C(OC)/C=C/C=C(\C)Cc2cc(OC)c(Cl)c(c2)N(C)C(=O)C[C@H](OC(=O)[C@@H](C)N(C)C(=O)CCSC2CC(=O)N(CC3CCC(C(=O)NCCOCCOCCNC(=O)c4ccc(CN(CCCCOc5cc(CN(Cc6ccccn6)Cc6ccccn6)cc(CN(Cc6ccccn6)Cc6ccccn6)c5)C(=O)C5(c6ccc(Cl)cc6)CCCCC5)cc4)CC3)C2=O)[C@]2(C)O[C@H]12. The van der Waals surface area contributed by atoms with Crippen LogP contribution in [0.1, 0.15) is 178 Å². The number of methoxy groups -OCH3 is 2. The number of benzene rings is 4. The molecule has 14 rings (SSSR count). The Hall–Kier alpha value is -11.8. The molecule has 4 N–H and O–H groups in total. The molecule has 8 amide bonds. The van der Waals surface area contributed by atoms with Crippen LogP contribution in [-0.4, -0.2) is 243 Å². The average Bonchev–Trinajstić information content (AvgIpc) is 1.57. The Kier molecular flexibility index (Phi) is 38.8. The van der Waals surface area contributed by atoms with Gasteiger partial charge in [0.1, 0.15) is 52.6 Å². The first-order chi connectivity index (χ1) is 69.5. The highest BCUT2D eigenvalue weighted by Crippen LogP contribution is 2.50. The largest absolute Gasteiger partial charge is 0.495 e. The van der Waals surface area contributed by atoms with E-state index in [-0.39, 0.29) is 116 Å². The van der Waals surface area contributed by atoms with Gasteiger partial charge in [0.25, 0.3) is 5.91 Å². The maximum atomic E-state index is 15.6. The molecule has 766 valence electrons.